The van der Waals surface area contributed by atoms with Crippen LogP contribution < -0.4 is 11.1 Å². The van der Waals surface area contributed by atoms with Gasteiger partial charge in [0.25, 0.3) is 0 Å². The number of benzene rings is 1. The van der Waals surface area contributed by atoms with Crippen LogP contribution in [0.15, 0.2) is 23.4 Å². The van der Waals surface area contributed by atoms with Gasteiger partial charge in [-0.05, 0) is 37.5 Å². The van der Waals surface area contributed by atoms with Crippen LogP contribution in [0.4, 0.5) is 4.39 Å². The molecule has 0 heterocycles. The van der Waals surface area contributed by atoms with Gasteiger partial charge < -0.3 is 16.3 Å². The lowest BCUT2D eigenvalue weighted by Gasteiger charge is -2.19. The number of oxime groups is 1. The molecule has 2 atom stereocenters. The number of rotatable bonds is 6. The molecule has 2 unspecified atom stereocenters. The van der Waals surface area contributed by atoms with Crippen molar-refractivity contribution in [2.45, 2.75) is 39.7 Å². The first kappa shape index (κ1) is 16.9. The monoisotopic (exact) mass is 295 g/mol. The molecule has 0 aliphatic rings. The predicted octanol–water partition coefficient (Wildman–Crippen LogP) is 2.47. The highest BCUT2D eigenvalue weighted by molar-refractivity contribution is 6.02. The molecule has 0 bridgehead atoms. The summed E-state index contributed by atoms with van der Waals surface area (Å²) in [6.07, 6.45) is 1.21. The van der Waals surface area contributed by atoms with Gasteiger partial charge in [-0.15, -0.1) is 0 Å². The molecule has 0 spiro atoms. The van der Waals surface area contributed by atoms with E-state index >= 15 is 0 Å². The lowest BCUT2D eigenvalue weighted by Crippen LogP contribution is -2.40. The minimum Gasteiger partial charge on any atom is -0.409 e. The van der Waals surface area contributed by atoms with Crippen molar-refractivity contribution in [3.8, 4) is 0 Å². The summed E-state index contributed by atoms with van der Waals surface area (Å²) in [5.41, 5.74) is 6.76. The molecule has 21 heavy (non-hydrogen) atoms. The van der Waals surface area contributed by atoms with E-state index in [4.69, 9.17) is 10.9 Å². The molecule has 0 aliphatic carbocycles. The number of nitrogens with zero attached hydrogens (tertiary/aromatic N) is 1. The maximum Gasteiger partial charge on any atom is 0.231 e. The van der Waals surface area contributed by atoms with Gasteiger partial charge in [0.1, 0.15) is 5.82 Å². The number of hydrogen-bond acceptors (Lipinski definition) is 3. The molecule has 1 amide bonds. The summed E-state index contributed by atoms with van der Waals surface area (Å²) < 4.78 is 13.6. The number of amides is 1. The van der Waals surface area contributed by atoms with Gasteiger partial charge in [0, 0.05) is 0 Å². The minimum absolute atomic E-state index is 0.114. The van der Waals surface area contributed by atoms with Crippen LogP contribution >= 0.6 is 0 Å². The Balaban J connectivity index is 2.82. The first-order valence-corrected chi connectivity index (χ1v) is 6.94. The zero-order chi connectivity index (χ0) is 16.0. The number of aryl methyl sites for hydroxylation is 1. The maximum atomic E-state index is 13.6. The van der Waals surface area contributed by atoms with E-state index in [0.717, 1.165) is 6.42 Å². The number of nitrogens with one attached hydrogen (secondary N) is 1. The second kappa shape index (κ2) is 7.61. The van der Waals surface area contributed by atoms with Crippen molar-refractivity contribution < 1.29 is 14.4 Å². The van der Waals surface area contributed by atoms with E-state index in [1.54, 1.807) is 26.0 Å². The first-order valence-electron chi connectivity index (χ1n) is 6.94. The van der Waals surface area contributed by atoms with Gasteiger partial charge in [-0.1, -0.05) is 30.6 Å². The first-order chi connectivity index (χ1) is 9.90. The molecular weight excluding hydrogens is 273 g/mol. The molecule has 0 radical (unpaired) electrons. The van der Waals surface area contributed by atoms with Crippen molar-refractivity contribution in [1.82, 2.24) is 5.32 Å². The van der Waals surface area contributed by atoms with Crippen LogP contribution in [0, 0.1) is 18.7 Å². The number of carbonyl (C=O) groups is 1. The summed E-state index contributed by atoms with van der Waals surface area (Å²) in [7, 11) is 0. The van der Waals surface area contributed by atoms with Crippen molar-refractivity contribution in [2.24, 2.45) is 16.8 Å². The molecule has 1 aromatic carbocycles. The van der Waals surface area contributed by atoms with E-state index in [9.17, 15) is 9.18 Å². The number of amidine groups is 1. The second-order valence-electron chi connectivity index (χ2n) is 5.11. The van der Waals surface area contributed by atoms with Gasteiger partial charge in [-0.2, -0.15) is 0 Å². The SMILES string of the molecule is CCCC(C(=O)NC(C)c1ccc(C)c(F)c1)/C(N)=N/O. The number of nitrogens with two attached hydrogens (primary N) is 1. The highest BCUT2D eigenvalue weighted by atomic mass is 19.1. The van der Waals surface area contributed by atoms with Crippen LogP contribution in [-0.4, -0.2) is 17.0 Å². The zero-order valence-corrected chi connectivity index (χ0v) is 12.6. The average molecular weight is 295 g/mol. The number of hydrogen-bond donors (Lipinski definition) is 3. The summed E-state index contributed by atoms with van der Waals surface area (Å²) in [5.74, 6) is -1.44. The van der Waals surface area contributed by atoms with Gasteiger partial charge in [0.2, 0.25) is 5.91 Å². The maximum absolute atomic E-state index is 13.6. The van der Waals surface area contributed by atoms with Gasteiger partial charge in [-0.3, -0.25) is 4.79 Å². The minimum atomic E-state index is -0.683. The number of halogens is 1. The van der Waals surface area contributed by atoms with Gasteiger partial charge >= 0.3 is 0 Å². The molecule has 6 heteroatoms. The van der Waals surface area contributed by atoms with Crippen LogP contribution in [0.1, 0.15) is 43.9 Å². The molecule has 0 aromatic heterocycles. The number of carbonyl (C=O) groups excluding carboxylic acids is 1. The molecule has 1 rings (SSSR count). The third kappa shape index (κ3) is 4.44. The smallest absolute Gasteiger partial charge is 0.231 e. The van der Waals surface area contributed by atoms with Crippen LogP contribution in [0.3, 0.4) is 0 Å². The fourth-order valence-corrected chi connectivity index (χ4v) is 2.05. The summed E-state index contributed by atoms with van der Waals surface area (Å²) >= 11 is 0. The Morgan fingerprint density at radius 3 is 2.71 bits per heavy atom. The van der Waals surface area contributed by atoms with Crippen LogP contribution in [0.5, 0.6) is 0 Å². The van der Waals surface area contributed by atoms with E-state index in [1.807, 2.05) is 6.92 Å². The average Bonchev–Trinajstić information content (AvgIpc) is 2.46. The predicted molar refractivity (Wildman–Crippen MR) is 79.5 cm³/mol. The zero-order valence-electron chi connectivity index (χ0n) is 12.6. The lowest BCUT2D eigenvalue weighted by atomic mass is 10.00. The Labute approximate surface area is 124 Å². The Kier molecular flexibility index (Phi) is 6.14. The standard InChI is InChI=1S/C15H22FN3O2/c1-4-5-12(14(17)19-21)15(20)18-10(3)11-7-6-9(2)13(16)8-11/h6-8,10,12,21H,4-5H2,1-3H3,(H2,17,19)(H,18,20). The van der Waals surface area contributed by atoms with E-state index in [1.165, 1.54) is 6.07 Å². The molecule has 116 valence electrons. The Bertz CT molecular complexity index is 532. The van der Waals surface area contributed by atoms with E-state index in [0.29, 0.717) is 17.5 Å². The quantitative estimate of drug-likeness (QED) is 0.326. The largest absolute Gasteiger partial charge is 0.409 e. The van der Waals surface area contributed by atoms with Crippen LogP contribution in [0.2, 0.25) is 0 Å². The van der Waals surface area contributed by atoms with Gasteiger partial charge in [0.15, 0.2) is 5.84 Å². The Morgan fingerprint density at radius 1 is 1.52 bits per heavy atom. The fraction of sp³-hybridized carbons (Fsp3) is 0.467. The van der Waals surface area contributed by atoms with Crippen molar-refractivity contribution in [3.63, 3.8) is 0 Å². The summed E-state index contributed by atoms with van der Waals surface area (Å²) in [6.45, 7) is 5.35. The van der Waals surface area contributed by atoms with E-state index < -0.39 is 5.92 Å². The van der Waals surface area contributed by atoms with Crippen molar-refractivity contribution in [1.29, 1.82) is 0 Å². The Hall–Kier alpha value is -2.11. The van der Waals surface area contributed by atoms with E-state index in [-0.39, 0.29) is 23.6 Å². The normalized spacial score (nSPS) is 14.6. The van der Waals surface area contributed by atoms with Crippen LogP contribution in [0.25, 0.3) is 0 Å². The molecule has 4 N–H and O–H groups in total. The van der Waals surface area contributed by atoms with Gasteiger partial charge in [0.05, 0.1) is 12.0 Å². The van der Waals surface area contributed by atoms with Crippen molar-refractivity contribution >= 4 is 11.7 Å². The van der Waals surface area contributed by atoms with Crippen LogP contribution in [-0.2, 0) is 4.79 Å². The third-order valence-corrected chi connectivity index (χ3v) is 3.42. The molecule has 0 aliphatic heterocycles. The summed E-state index contributed by atoms with van der Waals surface area (Å²) in [4.78, 5) is 12.2. The molecular formula is C15H22FN3O2. The molecule has 0 saturated carbocycles. The Morgan fingerprint density at radius 2 is 2.19 bits per heavy atom. The highest BCUT2D eigenvalue weighted by Gasteiger charge is 2.24. The van der Waals surface area contributed by atoms with E-state index in [2.05, 4.69) is 10.5 Å². The summed E-state index contributed by atoms with van der Waals surface area (Å²) in [5, 5.41) is 14.4. The highest BCUT2D eigenvalue weighted by Crippen LogP contribution is 2.17. The van der Waals surface area contributed by atoms with Crippen molar-refractivity contribution in [2.75, 3.05) is 0 Å². The molecule has 0 fully saturated rings. The topological polar surface area (TPSA) is 87.7 Å². The van der Waals surface area contributed by atoms with Gasteiger partial charge in [-0.25, -0.2) is 4.39 Å². The molecule has 0 saturated heterocycles. The third-order valence-electron chi connectivity index (χ3n) is 3.42. The molecule has 5 nitrogen and oxygen atoms in total. The second-order valence-corrected chi connectivity index (χ2v) is 5.11. The van der Waals surface area contributed by atoms with Crippen molar-refractivity contribution in [3.05, 3.63) is 35.1 Å². The molecule has 1 aromatic rings. The lowest BCUT2D eigenvalue weighted by molar-refractivity contribution is -0.123. The fourth-order valence-electron chi connectivity index (χ4n) is 2.05. The summed E-state index contributed by atoms with van der Waals surface area (Å²) in [6, 6.07) is 4.47.